The number of aromatic nitrogens is 1. The molecule has 1 aliphatic heterocycles. The van der Waals surface area contributed by atoms with Crippen LogP contribution < -0.4 is 24.4 Å². The van der Waals surface area contributed by atoms with Gasteiger partial charge in [0.1, 0.15) is 6.04 Å². The fourth-order valence-electron chi connectivity index (χ4n) is 3.67. The number of hydrogen-bond donors (Lipinski definition) is 0. The van der Waals surface area contributed by atoms with Crippen molar-refractivity contribution in [1.82, 2.24) is 4.57 Å². The number of hydrogen-bond acceptors (Lipinski definition) is 8. The summed E-state index contributed by atoms with van der Waals surface area (Å²) in [6.07, 6.45) is 1.51. The van der Waals surface area contributed by atoms with Crippen LogP contribution in [0.4, 0.5) is 0 Å². The summed E-state index contributed by atoms with van der Waals surface area (Å²) in [5.74, 6) is 0.724. The third-order valence-corrected chi connectivity index (χ3v) is 7.01. The summed E-state index contributed by atoms with van der Waals surface area (Å²) in [6.45, 7) is 5.38. The van der Waals surface area contributed by atoms with E-state index in [9.17, 15) is 9.59 Å². The monoisotopic (exact) mass is 484 g/mol. The average Bonchev–Trinajstić information content (AvgIpc) is 3.41. The summed E-state index contributed by atoms with van der Waals surface area (Å²) in [6, 6.07) is 8.69. The van der Waals surface area contributed by atoms with Crippen LogP contribution >= 0.6 is 22.7 Å². The van der Waals surface area contributed by atoms with Gasteiger partial charge in [0.25, 0.3) is 5.56 Å². The minimum atomic E-state index is -0.583. The number of nitrogens with zero attached hydrogens (tertiary/aromatic N) is 2. The molecule has 4 rings (SSSR count). The molecule has 3 heterocycles. The first-order chi connectivity index (χ1) is 15.8. The van der Waals surface area contributed by atoms with Crippen LogP contribution in [0.1, 0.15) is 37.3 Å². The minimum absolute atomic E-state index is 0.214. The molecule has 33 heavy (non-hydrogen) atoms. The Morgan fingerprint density at radius 3 is 2.58 bits per heavy atom. The van der Waals surface area contributed by atoms with E-state index < -0.39 is 12.0 Å². The number of rotatable bonds is 6. The van der Waals surface area contributed by atoms with Crippen molar-refractivity contribution in [3.63, 3.8) is 0 Å². The molecule has 0 fully saturated rings. The minimum Gasteiger partial charge on any atom is -0.493 e. The molecule has 3 aromatic rings. The molecule has 0 unspecified atom stereocenters. The summed E-state index contributed by atoms with van der Waals surface area (Å²) in [4.78, 5) is 32.6. The number of esters is 1. The Bertz CT molecular complexity index is 1400. The molecule has 0 bridgehead atoms. The molecular weight excluding hydrogens is 460 g/mol. The van der Waals surface area contributed by atoms with Crippen molar-refractivity contribution in [3.8, 4) is 11.5 Å². The normalized spacial score (nSPS) is 15.9. The summed E-state index contributed by atoms with van der Waals surface area (Å²) in [5, 5.41) is 1.93. The zero-order valence-electron chi connectivity index (χ0n) is 18.9. The first-order valence-corrected chi connectivity index (χ1v) is 12.0. The Balaban J connectivity index is 1.89. The van der Waals surface area contributed by atoms with Crippen LogP contribution in [0.5, 0.6) is 11.5 Å². The summed E-state index contributed by atoms with van der Waals surface area (Å²) >= 11 is 2.77. The number of thiazole rings is 1. The highest BCUT2D eigenvalue weighted by Crippen LogP contribution is 2.33. The van der Waals surface area contributed by atoms with Crippen molar-refractivity contribution in [2.45, 2.75) is 32.9 Å². The first-order valence-electron chi connectivity index (χ1n) is 10.3. The second-order valence-electron chi connectivity index (χ2n) is 7.67. The van der Waals surface area contributed by atoms with Gasteiger partial charge < -0.3 is 14.2 Å². The van der Waals surface area contributed by atoms with Gasteiger partial charge in [0.2, 0.25) is 0 Å². The Kier molecular flexibility index (Phi) is 6.53. The van der Waals surface area contributed by atoms with Crippen LogP contribution in [0.2, 0.25) is 0 Å². The van der Waals surface area contributed by atoms with Crippen LogP contribution in [0.25, 0.3) is 6.08 Å². The summed E-state index contributed by atoms with van der Waals surface area (Å²) in [5.41, 5.74) is 1.52. The van der Waals surface area contributed by atoms with E-state index in [1.54, 1.807) is 51.7 Å². The number of thiophene rings is 1. The smallest absolute Gasteiger partial charge is 0.338 e. The second-order valence-corrected chi connectivity index (χ2v) is 9.65. The zero-order chi connectivity index (χ0) is 23.7. The SMILES string of the molecule is COc1ccc(C=c2sc3n(c2=O)[C@@H](c2cccs2)C(C(=O)OC(C)C)=C(C)N=3)cc1OC. The van der Waals surface area contributed by atoms with Gasteiger partial charge in [-0.25, -0.2) is 9.79 Å². The number of allylic oxidation sites excluding steroid dienone is 1. The van der Waals surface area contributed by atoms with Crippen LogP contribution in [0.3, 0.4) is 0 Å². The van der Waals surface area contributed by atoms with Gasteiger partial charge in [0.05, 0.1) is 36.1 Å². The second kappa shape index (κ2) is 9.36. The van der Waals surface area contributed by atoms with E-state index in [1.807, 2.05) is 29.6 Å². The standard InChI is InChI=1S/C24H24N2O5S2/c1-13(2)31-23(28)20-14(3)25-24-26(21(20)18-7-6-10-32-18)22(27)19(33-24)12-15-8-9-16(29-4)17(11-15)30-5/h6-13,21H,1-5H3/t21-/m0/s1. The maximum Gasteiger partial charge on any atom is 0.338 e. The molecule has 0 amide bonds. The third kappa shape index (κ3) is 4.38. The number of carbonyl (C=O) groups is 1. The Hall–Kier alpha value is -3.17. The maximum absolute atomic E-state index is 13.6. The maximum atomic E-state index is 13.6. The molecule has 0 spiro atoms. The zero-order valence-corrected chi connectivity index (χ0v) is 20.6. The van der Waals surface area contributed by atoms with Crippen LogP contribution in [0, 0.1) is 0 Å². The van der Waals surface area contributed by atoms with Gasteiger partial charge in [-0.3, -0.25) is 9.36 Å². The van der Waals surface area contributed by atoms with Crippen molar-refractivity contribution in [2.75, 3.05) is 14.2 Å². The quantitative estimate of drug-likeness (QED) is 0.502. The topological polar surface area (TPSA) is 79.1 Å². The number of fused-ring (bicyclic) bond motifs is 1. The summed E-state index contributed by atoms with van der Waals surface area (Å²) < 4.78 is 18.3. The largest absolute Gasteiger partial charge is 0.493 e. The van der Waals surface area contributed by atoms with Gasteiger partial charge in [-0.15, -0.1) is 11.3 Å². The van der Waals surface area contributed by atoms with Gasteiger partial charge >= 0.3 is 5.97 Å². The highest BCUT2D eigenvalue weighted by Gasteiger charge is 2.34. The molecular formula is C24H24N2O5S2. The predicted molar refractivity (Wildman–Crippen MR) is 129 cm³/mol. The van der Waals surface area contributed by atoms with E-state index in [1.165, 1.54) is 22.7 Å². The summed E-state index contributed by atoms with van der Waals surface area (Å²) in [7, 11) is 3.14. The molecule has 0 saturated carbocycles. The number of carbonyl (C=O) groups excluding carboxylic acids is 1. The fourth-order valence-corrected chi connectivity index (χ4v) is 5.54. The van der Waals surface area contributed by atoms with Gasteiger partial charge in [-0.2, -0.15) is 0 Å². The molecule has 9 heteroatoms. The fraction of sp³-hybridized carbons (Fsp3) is 0.292. The molecule has 2 aromatic heterocycles. The molecule has 0 N–H and O–H groups in total. The van der Waals surface area contributed by atoms with E-state index in [4.69, 9.17) is 14.2 Å². The molecule has 0 radical (unpaired) electrons. The molecule has 1 atom stereocenters. The van der Waals surface area contributed by atoms with Crippen molar-refractivity contribution >= 4 is 34.7 Å². The highest BCUT2D eigenvalue weighted by molar-refractivity contribution is 7.10. The first kappa shape index (κ1) is 23.0. The molecule has 172 valence electrons. The predicted octanol–water partition coefficient (Wildman–Crippen LogP) is 3.27. The Morgan fingerprint density at radius 2 is 1.94 bits per heavy atom. The molecule has 1 aromatic carbocycles. The van der Waals surface area contributed by atoms with Crippen molar-refractivity contribution < 1.29 is 19.0 Å². The number of methoxy groups -OCH3 is 2. The van der Waals surface area contributed by atoms with Gasteiger partial charge in [0.15, 0.2) is 16.3 Å². The van der Waals surface area contributed by atoms with Crippen molar-refractivity contribution in [3.05, 3.63) is 77.1 Å². The lowest BCUT2D eigenvalue weighted by Crippen LogP contribution is -2.39. The lowest BCUT2D eigenvalue weighted by molar-refractivity contribution is -0.143. The van der Waals surface area contributed by atoms with Gasteiger partial charge in [-0.1, -0.05) is 23.5 Å². The lowest BCUT2D eigenvalue weighted by atomic mass is 10.0. The van der Waals surface area contributed by atoms with E-state index >= 15 is 0 Å². The van der Waals surface area contributed by atoms with E-state index in [2.05, 4.69) is 4.99 Å². The van der Waals surface area contributed by atoms with Crippen LogP contribution in [-0.4, -0.2) is 30.9 Å². The van der Waals surface area contributed by atoms with E-state index in [0.29, 0.717) is 32.1 Å². The molecule has 0 aliphatic carbocycles. The molecule has 1 aliphatic rings. The van der Waals surface area contributed by atoms with Crippen molar-refractivity contribution in [2.24, 2.45) is 4.99 Å². The van der Waals surface area contributed by atoms with E-state index in [-0.39, 0.29) is 11.7 Å². The molecule has 7 nitrogen and oxygen atoms in total. The number of benzene rings is 1. The lowest BCUT2D eigenvalue weighted by Gasteiger charge is -2.24. The Morgan fingerprint density at radius 1 is 1.18 bits per heavy atom. The van der Waals surface area contributed by atoms with Crippen LogP contribution in [0.15, 0.2) is 56.8 Å². The highest BCUT2D eigenvalue weighted by atomic mass is 32.1. The number of ether oxygens (including phenoxy) is 3. The third-order valence-electron chi connectivity index (χ3n) is 5.10. The van der Waals surface area contributed by atoms with Crippen molar-refractivity contribution in [1.29, 1.82) is 0 Å². The van der Waals surface area contributed by atoms with Gasteiger partial charge in [-0.05, 0) is 56.0 Å². The molecule has 0 saturated heterocycles. The average molecular weight is 485 g/mol. The Labute approximate surface area is 198 Å². The van der Waals surface area contributed by atoms with Crippen LogP contribution in [-0.2, 0) is 9.53 Å². The van der Waals surface area contributed by atoms with Gasteiger partial charge in [0, 0.05) is 4.88 Å². The van der Waals surface area contributed by atoms with E-state index in [0.717, 1.165) is 10.4 Å².